The molecule has 3 nitrogen and oxygen atoms in total. The first kappa shape index (κ1) is 11.3. The third-order valence-corrected chi connectivity index (χ3v) is 2.43. The minimum atomic E-state index is -2.62. The van der Waals surface area contributed by atoms with Crippen LogP contribution >= 0.6 is 22.6 Å². The zero-order valence-electron chi connectivity index (χ0n) is 7.13. The molecule has 0 bridgehead atoms. The third-order valence-electron chi connectivity index (χ3n) is 1.56. The predicted octanol–water partition coefficient (Wildman–Crippen LogP) is 2.44. The van der Waals surface area contributed by atoms with Crippen LogP contribution in [0.5, 0.6) is 5.75 Å². The molecule has 0 fully saturated rings. The number of aromatic nitrogens is 1. The monoisotopic (exact) mass is 313 g/mol. The van der Waals surface area contributed by atoms with Gasteiger partial charge in [-0.05, 0) is 28.7 Å². The molecular formula is C8H6F2INO2. The standard InChI is InChI=1S/C8H6F2INO2/c1-14-6-2-4(7(9)10)8(11)12-5(6)3-13/h2-3,7H,1H3. The summed E-state index contributed by atoms with van der Waals surface area (Å²) in [6.07, 6.45) is -2.15. The van der Waals surface area contributed by atoms with Gasteiger partial charge in [0.2, 0.25) is 0 Å². The van der Waals surface area contributed by atoms with Crippen molar-refractivity contribution in [3.63, 3.8) is 0 Å². The van der Waals surface area contributed by atoms with E-state index in [0.717, 1.165) is 6.07 Å². The lowest BCUT2D eigenvalue weighted by Gasteiger charge is -2.07. The third kappa shape index (κ3) is 2.17. The molecule has 0 atom stereocenters. The van der Waals surface area contributed by atoms with Gasteiger partial charge in [0.15, 0.2) is 6.29 Å². The van der Waals surface area contributed by atoms with Crippen LogP contribution in [0.4, 0.5) is 8.78 Å². The second-order valence-corrected chi connectivity index (χ2v) is 3.40. The van der Waals surface area contributed by atoms with Gasteiger partial charge in [-0.2, -0.15) is 0 Å². The van der Waals surface area contributed by atoms with Crippen molar-refractivity contribution in [2.24, 2.45) is 0 Å². The number of alkyl halides is 2. The maximum absolute atomic E-state index is 12.4. The number of halogens is 3. The first-order valence-electron chi connectivity index (χ1n) is 3.58. The molecule has 0 saturated heterocycles. The molecule has 76 valence electrons. The topological polar surface area (TPSA) is 39.2 Å². The van der Waals surface area contributed by atoms with Crippen LogP contribution in [0.3, 0.4) is 0 Å². The van der Waals surface area contributed by atoms with E-state index >= 15 is 0 Å². The number of hydrogen-bond donors (Lipinski definition) is 0. The van der Waals surface area contributed by atoms with Crippen molar-refractivity contribution >= 4 is 28.9 Å². The summed E-state index contributed by atoms with van der Waals surface area (Å²) in [5.74, 6) is 0.0655. The first-order valence-corrected chi connectivity index (χ1v) is 4.65. The van der Waals surface area contributed by atoms with E-state index in [0.29, 0.717) is 6.29 Å². The lowest BCUT2D eigenvalue weighted by atomic mass is 10.2. The van der Waals surface area contributed by atoms with E-state index in [1.165, 1.54) is 7.11 Å². The Morgan fingerprint density at radius 2 is 2.29 bits per heavy atom. The normalized spacial score (nSPS) is 10.4. The molecule has 0 radical (unpaired) electrons. The van der Waals surface area contributed by atoms with Gasteiger partial charge in [-0.1, -0.05) is 0 Å². The Kier molecular flexibility index (Phi) is 3.73. The van der Waals surface area contributed by atoms with E-state index in [1.807, 2.05) is 0 Å². The van der Waals surface area contributed by atoms with Crippen molar-refractivity contribution in [3.05, 3.63) is 21.0 Å². The summed E-state index contributed by atoms with van der Waals surface area (Å²) < 4.78 is 29.6. The highest BCUT2D eigenvalue weighted by Gasteiger charge is 2.16. The number of carbonyl (C=O) groups is 1. The Hall–Kier alpha value is -0.790. The predicted molar refractivity (Wildman–Crippen MR) is 53.9 cm³/mol. The molecule has 1 aromatic rings. The van der Waals surface area contributed by atoms with E-state index < -0.39 is 6.43 Å². The molecule has 6 heteroatoms. The fraction of sp³-hybridized carbons (Fsp3) is 0.250. The van der Waals surface area contributed by atoms with E-state index in [2.05, 4.69) is 4.98 Å². The lowest BCUT2D eigenvalue weighted by Crippen LogP contribution is -2.01. The molecular weight excluding hydrogens is 307 g/mol. The van der Waals surface area contributed by atoms with Gasteiger partial charge in [-0.3, -0.25) is 4.79 Å². The summed E-state index contributed by atoms with van der Waals surface area (Å²) in [6.45, 7) is 0. The molecule has 1 rings (SSSR count). The van der Waals surface area contributed by atoms with Crippen molar-refractivity contribution in [1.82, 2.24) is 4.98 Å². The second kappa shape index (κ2) is 4.63. The Balaban J connectivity index is 3.30. The molecule has 0 saturated carbocycles. The molecule has 0 unspecified atom stereocenters. The van der Waals surface area contributed by atoms with Crippen LogP contribution in [0.15, 0.2) is 6.07 Å². The summed E-state index contributed by atoms with van der Waals surface area (Å²) in [4.78, 5) is 14.2. The van der Waals surface area contributed by atoms with Gasteiger partial charge < -0.3 is 4.74 Å². The highest BCUT2D eigenvalue weighted by atomic mass is 127. The number of methoxy groups -OCH3 is 1. The average Bonchev–Trinajstić information content (AvgIpc) is 2.16. The van der Waals surface area contributed by atoms with Crippen molar-refractivity contribution < 1.29 is 18.3 Å². The molecule has 0 aromatic carbocycles. The van der Waals surface area contributed by atoms with E-state index in [4.69, 9.17) is 4.74 Å². The first-order chi connectivity index (χ1) is 6.60. The molecule has 0 amide bonds. The molecule has 1 heterocycles. The van der Waals surface area contributed by atoms with E-state index in [1.54, 1.807) is 22.6 Å². The summed E-state index contributed by atoms with van der Waals surface area (Å²) in [6, 6.07) is 1.13. The zero-order valence-corrected chi connectivity index (χ0v) is 9.29. The number of rotatable bonds is 3. The fourth-order valence-electron chi connectivity index (χ4n) is 0.901. The highest BCUT2D eigenvalue weighted by molar-refractivity contribution is 14.1. The number of ether oxygens (including phenoxy) is 1. The van der Waals surface area contributed by atoms with Crippen molar-refractivity contribution in [1.29, 1.82) is 0 Å². The summed E-state index contributed by atoms with van der Waals surface area (Å²) in [7, 11) is 1.30. The maximum Gasteiger partial charge on any atom is 0.266 e. The van der Waals surface area contributed by atoms with Crippen LogP contribution in [0.25, 0.3) is 0 Å². The van der Waals surface area contributed by atoms with Crippen molar-refractivity contribution in [3.8, 4) is 5.75 Å². The van der Waals surface area contributed by atoms with Gasteiger partial charge in [0.25, 0.3) is 6.43 Å². The molecule has 0 spiro atoms. The summed E-state index contributed by atoms with van der Waals surface area (Å²) >= 11 is 1.65. The van der Waals surface area contributed by atoms with Crippen LogP contribution in [0.1, 0.15) is 22.5 Å². The van der Waals surface area contributed by atoms with Crippen LogP contribution in [-0.2, 0) is 0 Å². The Morgan fingerprint density at radius 3 is 2.71 bits per heavy atom. The zero-order chi connectivity index (χ0) is 10.7. The van der Waals surface area contributed by atoms with Gasteiger partial charge in [0, 0.05) is 0 Å². The van der Waals surface area contributed by atoms with E-state index in [9.17, 15) is 13.6 Å². The SMILES string of the molecule is COc1cc(C(F)F)c(I)nc1C=O. The summed E-state index contributed by atoms with van der Waals surface area (Å²) in [5, 5.41) is 0. The van der Waals surface area contributed by atoms with E-state index in [-0.39, 0.29) is 20.7 Å². The number of carbonyl (C=O) groups excluding carboxylic acids is 1. The minimum Gasteiger partial charge on any atom is -0.494 e. The highest BCUT2D eigenvalue weighted by Crippen LogP contribution is 2.28. The lowest BCUT2D eigenvalue weighted by molar-refractivity contribution is 0.111. The quantitative estimate of drug-likeness (QED) is 0.489. The molecule has 14 heavy (non-hydrogen) atoms. The maximum atomic E-state index is 12.4. The largest absolute Gasteiger partial charge is 0.494 e. The number of aldehydes is 1. The van der Waals surface area contributed by atoms with Gasteiger partial charge in [0.1, 0.15) is 15.1 Å². The molecule has 0 N–H and O–H groups in total. The Labute approximate surface area is 92.6 Å². The van der Waals surface area contributed by atoms with Crippen LogP contribution in [0.2, 0.25) is 0 Å². The van der Waals surface area contributed by atoms with Gasteiger partial charge in [-0.15, -0.1) is 0 Å². The smallest absolute Gasteiger partial charge is 0.266 e. The van der Waals surface area contributed by atoms with Crippen molar-refractivity contribution in [2.75, 3.05) is 7.11 Å². The number of nitrogens with zero attached hydrogens (tertiary/aromatic N) is 1. The minimum absolute atomic E-state index is 0.0290. The fourth-order valence-corrected chi connectivity index (χ4v) is 1.55. The van der Waals surface area contributed by atoms with Gasteiger partial charge in [-0.25, -0.2) is 13.8 Å². The number of hydrogen-bond acceptors (Lipinski definition) is 3. The molecule has 0 aliphatic heterocycles. The number of pyridine rings is 1. The van der Waals surface area contributed by atoms with Crippen LogP contribution in [0, 0.1) is 3.70 Å². The van der Waals surface area contributed by atoms with Crippen LogP contribution in [-0.4, -0.2) is 18.4 Å². The Bertz CT molecular complexity index is 357. The van der Waals surface area contributed by atoms with Gasteiger partial charge in [0.05, 0.1) is 12.7 Å². The Morgan fingerprint density at radius 1 is 1.64 bits per heavy atom. The van der Waals surface area contributed by atoms with Crippen LogP contribution < -0.4 is 4.74 Å². The average molecular weight is 313 g/mol. The second-order valence-electron chi connectivity index (χ2n) is 2.37. The molecule has 0 aliphatic carbocycles. The molecule has 1 aromatic heterocycles. The summed E-state index contributed by atoms with van der Waals surface area (Å²) in [5.41, 5.74) is -0.200. The molecule has 0 aliphatic rings. The van der Waals surface area contributed by atoms with Gasteiger partial charge >= 0.3 is 0 Å². The van der Waals surface area contributed by atoms with Crippen molar-refractivity contribution in [2.45, 2.75) is 6.43 Å².